The van der Waals surface area contributed by atoms with Crippen LogP contribution >= 0.6 is 11.3 Å². The molecule has 0 fully saturated rings. The summed E-state index contributed by atoms with van der Waals surface area (Å²) in [5.74, 6) is 0. The molecule has 0 spiro atoms. The first-order valence-corrected chi connectivity index (χ1v) is 9.15. The molecule has 5 nitrogen and oxygen atoms in total. The second-order valence-electron chi connectivity index (χ2n) is 5.94. The van der Waals surface area contributed by atoms with Crippen LogP contribution in [-0.4, -0.2) is 26.2 Å². The molecular weight excluding hydrogens is 354 g/mol. The summed E-state index contributed by atoms with van der Waals surface area (Å²) in [6, 6.07) is 8.00. The molecule has 0 N–H and O–H groups in total. The number of pyridine rings is 2. The third kappa shape index (κ3) is 3.11. The van der Waals surface area contributed by atoms with Crippen LogP contribution in [0, 0.1) is 0 Å². The Bertz CT molecular complexity index is 1170. The SMILES string of the molecule is C=C/C=C(\N=C)c1cc2ccn(C)c2c(-c2cnc(-c3cccnc3)s2)n1. The lowest BCUT2D eigenvalue weighted by molar-refractivity contribution is 0.966. The molecule has 4 heterocycles. The van der Waals surface area contributed by atoms with Gasteiger partial charge in [-0.2, -0.15) is 0 Å². The highest BCUT2D eigenvalue weighted by atomic mass is 32.1. The minimum absolute atomic E-state index is 0.689. The van der Waals surface area contributed by atoms with E-state index in [2.05, 4.69) is 38.9 Å². The van der Waals surface area contributed by atoms with Crippen molar-refractivity contribution in [3.63, 3.8) is 0 Å². The monoisotopic (exact) mass is 371 g/mol. The van der Waals surface area contributed by atoms with Gasteiger partial charge < -0.3 is 4.57 Å². The summed E-state index contributed by atoms with van der Waals surface area (Å²) in [4.78, 5) is 18.7. The first-order chi connectivity index (χ1) is 13.2. The van der Waals surface area contributed by atoms with Crippen molar-refractivity contribution >= 4 is 34.7 Å². The molecule has 0 bridgehead atoms. The lowest BCUT2D eigenvalue weighted by Gasteiger charge is -2.07. The molecule has 132 valence electrons. The van der Waals surface area contributed by atoms with Crippen LogP contribution in [0.15, 0.2) is 72.8 Å². The third-order valence-electron chi connectivity index (χ3n) is 4.21. The van der Waals surface area contributed by atoms with Crippen LogP contribution in [0.25, 0.3) is 37.7 Å². The van der Waals surface area contributed by atoms with Gasteiger partial charge in [-0.05, 0) is 37.1 Å². The van der Waals surface area contributed by atoms with Gasteiger partial charge in [0.15, 0.2) is 0 Å². The number of fused-ring (bicyclic) bond motifs is 1. The zero-order chi connectivity index (χ0) is 18.8. The summed E-state index contributed by atoms with van der Waals surface area (Å²) in [7, 11) is 2.02. The van der Waals surface area contributed by atoms with Gasteiger partial charge in [0.05, 0.1) is 21.8 Å². The topological polar surface area (TPSA) is 56.0 Å². The van der Waals surface area contributed by atoms with E-state index in [0.29, 0.717) is 5.70 Å². The number of hydrogen-bond donors (Lipinski definition) is 0. The summed E-state index contributed by atoms with van der Waals surface area (Å²) in [6.07, 6.45) is 11.0. The quantitative estimate of drug-likeness (QED) is 0.367. The zero-order valence-electron chi connectivity index (χ0n) is 14.8. The fourth-order valence-corrected chi connectivity index (χ4v) is 3.86. The van der Waals surface area contributed by atoms with Crippen LogP contribution in [0.5, 0.6) is 0 Å². The Hall–Kier alpha value is -3.38. The zero-order valence-corrected chi connectivity index (χ0v) is 15.6. The van der Waals surface area contributed by atoms with Crippen LogP contribution in [-0.2, 0) is 7.05 Å². The Morgan fingerprint density at radius 1 is 1.30 bits per heavy atom. The number of aromatic nitrogens is 4. The summed E-state index contributed by atoms with van der Waals surface area (Å²) >= 11 is 1.59. The molecule has 27 heavy (non-hydrogen) atoms. The molecular formula is C21H17N5S. The lowest BCUT2D eigenvalue weighted by atomic mass is 10.1. The number of nitrogens with zero attached hydrogens (tertiary/aromatic N) is 5. The number of allylic oxidation sites excluding steroid dienone is 2. The molecule has 0 amide bonds. The van der Waals surface area contributed by atoms with E-state index in [0.717, 1.165) is 37.7 Å². The van der Waals surface area contributed by atoms with Crippen molar-refractivity contribution in [1.82, 2.24) is 19.5 Å². The first-order valence-electron chi connectivity index (χ1n) is 8.33. The van der Waals surface area contributed by atoms with Gasteiger partial charge in [0.1, 0.15) is 10.7 Å². The van der Waals surface area contributed by atoms with Crippen molar-refractivity contribution in [3.8, 4) is 21.1 Å². The number of thiazole rings is 1. The summed E-state index contributed by atoms with van der Waals surface area (Å²) in [6.45, 7) is 7.41. The third-order valence-corrected chi connectivity index (χ3v) is 5.26. The highest BCUT2D eigenvalue weighted by Gasteiger charge is 2.16. The number of hydrogen-bond acceptors (Lipinski definition) is 5. The normalized spacial score (nSPS) is 11.7. The molecule has 0 aliphatic rings. The van der Waals surface area contributed by atoms with E-state index < -0.39 is 0 Å². The van der Waals surface area contributed by atoms with Crippen molar-refractivity contribution < 1.29 is 0 Å². The van der Waals surface area contributed by atoms with Crippen LogP contribution < -0.4 is 0 Å². The molecule has 0 saturated carbocycles. The minimum Gasteiger partial charge on any atom is -0.349 e. The smallest absolute Gasteiger partial charge is 0.125 e. The molecule has 6 heteroatoms. The Morgan fingerprint density at radius 2 is 2.19 bits per heavy atom. The molecule has 0 atom stereocenters. The lowest BCUT2D eigenvalue weighted by Crippen LogP contribution is -1.95. The molecule has 0 aliphatic carbocycles. The minimum atomic E-state index is 0.689. The van der Waals surface area contributed by atoms with Gasteiger partial charge >= 0.3 is 0 Å². The summed E-state index contributed by atoms with van der Waals surface area (Å²) in [5, 5.41) is 2.00. The van der Waals surface area contributed by atoms with Crippen molar-refractivity contribution in [2.75, 3.05) is 0 Å². The van der Waals surface area contributed by atoms with Crippen LogP contribution in [0.1, 0.15) is 5.69 Å². The van der Waals surface area contributed by atoms with Crippen LogP contribution in [0.3, 0.4) is 0 Å². The Labute approximate surface area is 161 Å². The van der Waals surface area contributed by atoms with Gasteiger partial charge in [-0.1, -0.05) is 12.7 Å². The largest absolute Gasteiger partial charge is 0.349 e. The van der Waals surface area contributed by atoms with Crippen molar-refractivity contribution in [2.45, 2.75) is 0 Å². The van der Waals surface area contributed by atoms with Crippen LogP contribution in [0.4, 0.5) is 0 Å². The molecule has 0 radical (unpaired) electrons. The fourth-order valence-electron chi connectivity index (χ4n) is 2.96. The van der Waals surface area contributed by atoms with E-state index in [1.807, 2.05) is 49.9 Å². The van der Waals surface area contributed by atoms with E-state index in [4.69, 9.17) is 4.98 Å². The highest BCUT2D eigenvalue weighted by molar-refractivity contribution is 7.18. The standard InChI is InChI=1S/C21H17N5S/c1-4-6-16(22-2)17-11-14-8-10-26(3)20(14)19(25-17)18-13-24-21(27-18)15-7-5-9-23-12-15/h4-13H,1-2H2,3H3/b16-6-. The number of aliphatic imine (C=N–C) groups is 1. The van der Waals surface area contributed by atoms with E-state index in [-0.39, 0.29) is 0 Å². The molecule has 0 aliphatic heterocycles. The van der Waals surface area contributed by atoms with Gasteiger partial charge in [0.2, 0.25) is 0 Å². The molecule has 4 aromatic heterocycles. The predicted octanol–water partition coefficient (Wildman–Crippen LogP) is 4.99. The number of aryl methyl sites for hydroxylation is 1. The average molecular weight is 371 g/mol. The Balaban J connectivity index is 1.92. The van der Waals surface area contributed by atoms with E-state index in [1.54, 1.807) is 23.6 Å². The predicted molar refractivity (Wildman–Crippen MR) is 113 cm³/mol. The molecule has 4 aromatic rings. The van der Waals surface area contributed by atoms with Gasteiger partial charge in [0.25, 0.3) is 0 Å². The Kier molecular flexibility index (Phi) is 4.48. The van der Waals surface area contributed by atoms with Crippen molar-refractivity contribution in [1.29, 1.82) is 0 Å². The van der Waals surface area contributed by atoms with Crippen molar-refractivity contribution in [2.24, 2.45) is 12.0 Å². The molecule has 0 saturated heterocycles. The summed E-state index contributed by atoms with van der Waals surface area (Å²) in [5.41, 5.74) is 4.38. The van der Waals surface area contributed by atoms with Gasteiger partial charge in [-0.15, -0.1) is 11.3 Å². The average Bonchev–Trinajstić information content (AvgIpc) is 3.34. The van der Waals surface area contributed by atoms with Gasteiger partial charge in [-0.3, -0.25) is 9.98 Å². The molecule has 4 rings (SSSR count). The maximum atomic E-state index is 4.89. The van der Waals surface area contributed by atoms with E-state index in [9.17, 15) is 0 Å². The maximum Gasteiger partial charge on any atom is 0.125 e. The maximum absolute atomic E-state index is 4.89. The van der Waals surface area contributed by atoms with Gasteiger partial charge in [-0.25, -0.2) is 9.97 Å². The van der Waals surface area contributed by atoms with E-state index >= 15 is 0 Å². The van der Waals surface area contributed by atoms with E-state index in [1.165, 1.54) is 0 Å². The van der Waals surface area contributed by atoms with Gasteiger partial charge in [0, 0.05) is 42.8 Å². The number of rotatable bonds is 5. The second kappa shape index (κ2) is 7.09. The van der Waals surface area contributed by atoms with Crippen molar-refractivity contribution in [3.05, 3.63) is 73.5 Å². The van der Waals surface area contributed by atoms with Crippen LogP contribution in [0.2, 0.25) is 0 Å². The molecule has 0 aromatic carbocycles. The molecule has 0 unspecified atom stereocenters. The Morgan fingerprint density at radius 3 is 2.93 bits per heavy atom. The fraction of sp³-hybridized carbons (Fsp3) is 0.0476. The highest BCUT2D eigenvalue weighted by Crippen LogP contribution is 2.36. The first kappa shape index (κ1) is 17.1. The summed E-state index contributed by atoms with van der Waals surface area (Å²) < 4.78 is 2.07. The second-order valence-corrected chi connectivity index (χ2v) is 6.97.